The van der Waals surface area contributed by atoms with E-state index >= 15 is 0 Å². The summed E-state index contributed by atoms with van der Waals surface area (Å²) in [4.78, 5) is 31.6. The zero-order valence-corrected chi connectivity index (χ0v) is 17.4. The summed E-state index contributed by atoms with van der Waals surface area (Å²) in [6.07, 6.45) is 0.652. The summed E-state index contributed by atoms with van der Waals surface area (Å²) < 4.78 is 52.7. The van der Waals surface area contributed by atoms with Crippen molar-refractivity contribution in [3.05, 3.63) is 77.0 Å². The van der Waals surface area contributed by atoms with E-state index in [4.69, 9.17) is 0 Å². The van der Waals surface area contributed by atoms with Gasteiger partial charge in [-0.15, -0.1) is 0 Å². The number of hydrogen-bond acceptors (Lipinski definition) is 6. The monoisotopic (exact) mass is 458 g/mol. The molecule has 0 aliphatic heterocycles. The smallest absolute Gasteiger partial charge is 0.360 e. The maximum Gasteiger partial charge on any atom is 0.405 e. The number of aryl methyl sites for hydroxylation is 1. The van der Waals surface area contributed by atoms with Crippen LogP contribution in [0.3, 0.4) is 0 Å². The standard InChI is InChI=1S/C22H18F4N6O/c1-2-13-4-3-12(8-27-13)7-14-5-6-15(19(23)32-14)18(33)16-9-28-20-17(16)21(31-11-30-20)29-10-22(24,25)26/h3-6,8-9,11H,2,7,10H2,1H3,(H2,28,29,30,31). The normalized spacial score (nSPS) is 11.7. The molecule has 170 valence electrons. The molecule has 0 spiro atoms. The zero-order chi connectivity index (χ0) is 23.6. The highest BCUT2D eigenvalue weighted by Gasteiger charge is 2.28. The molecule has 0 radical (unpaired) electrons. The van der Waals surface area contributed by atoms with Gasteiger partial charge in [0.2, 0.25) is 5.95 Å². The first-order valence-corrected chi connectivity index (χ1v) is 10.0. The minimum Gasteiger partial charge on any atom is -0.360 e. The van der Waals surface area contributed by atoms with Gasteiger partial charge in [0.25, 0.3) is 0 Å². The lowest BCUT2D eigenvalue weighted by Gasteiger charge is -2.10. The minimum atomic E-state index is -4.49. The van der Waals surface area contributed by atoms with Gasteiger partial charge in [-0.3, -0.25) is 9.78 Å². The predicted octanol–water partition coefficient (Wildman–Crippen LogP) is 4.25. The summed E-state index contributed by atoms with van der Waals surface area (Å²) in [6.45, 7) is 0.639. The number of nitrogens with one attached hydrogen (secondary N) is 2. The van der Waals surface area contributed by atoms with Gasteiger partial charge in [-0.05, 0) is 30.2 Å². The Hall–Kier alpha value is -3.89. The molecule has 0 saturated heterocycles. The number of H-pyrrole nitrogens is 1. The van der Waals surface area contributed by atoms with Gasteiger partial charge in [0, 0.05) is 30.2 Å². The van der Waals surface area contributed by atoms with Crippen LogP contribution in [0.2, 0.25) is 0 Å². The van der Waals surface area contributed by atoms with Crippen LogP contribution in [-0.4, -0.2) is 43.4 Å². The van der Waals surface area contributed by atoms with Crippen molar-refractivity contribution in [1.82, 2.24) is 24.9 Å². The highest BCUT2D eigenvalue weighted by atomic mass is 19.4. The molecule has 0 unspecified atom stereocenters. The summed E-state index contributed by atoms with van der Waals surface area (Å²) in [5.41, 5.74) is 1.95. The van der Waals surface area contributed by atoms with Gasteiger partial charge in [0.1, 0.15) is 24.3 Å². The number of anilines is 1. The molecular formula is C22H18F4N6O. The van der Waals surface area contributed by atoms with Crippen LogP contribution in [0.1, 0.15) is 39.8 Å². The number of aromatic nitrogens is 5. The van der Waals surface area contributed by atoms with Gasteiger partial charge in [0.05, 0.1) is 16.5 Å². The quantitative estimate of drug-likeness (QED) is 0.244. The van der Waals surface area contributed by atoms with Crippen molar-refractivity contribution in [2.75, 3.05) is 11.9 Å². The van der Waals surface area contributed by atoms with E-state index in [1.165, 1.54) is 18.3 Å². The van der Waals surface area contributed by atoms with Crippen molar-refractivity contribution in [1.29, 1.82) is 0 Å². The van der Waals surface area contributed by atoms with E-state index in [1.807, 2.05) is 19.1 Å². The van der Waals surface area contributed by atoms with Crippen LogP contribution < -0.4 is 5.32 Å². The fourth-order valence-corrected chi connectivity index (χ4v) is 3.32. The summed E-state index contributed by atoms with van der Waals surface area (Å²) in [6, 6.07) is 6.59. The summed E-state index contributed by atoms with van der Waals surface area (Å²) in [7, 11) is 0. The molecule has 33 heavy (non-hydrogen) atoms. The van der Waals surface area contributed by atoms with Gasteiger partial charge >= 0.3 is 6.18 Å². The van der Waals surface area contributed by atoms with E-state index in [9.17, 15) is 22.4 Å². The Morgan fingerprint density at radius 3 is 2.52 bits per heavy atom. The molecule has 7 nitrogen and oxygen atoms in total. The fourth-order valence-electron chi connectivity index (χ4n) is 3.32. The van der Waals surface area contributed by atoms with Crippen LogP contribution in [0.4, 0.5) is 23.4 Å². The fraction of sp³-hybridized carbons (Fsp3) is 0.227. The molecule has 0 saturated carbocycles. The molecule has 0 bridgehead atoms. The first-order valence-electron chi connectivity index (χ1n) is 10.0. The second-order valence-corrected chi connectivity index (χ2v) is 7.28. The number of hydrogen-bond donors (Lipinski definition) is 2. The molecule has 0 aliphatic carbocycles. The van der Waals surface area contributed by atoms with E-state index < -0.39 is 24.5 Å². The van der Waals surface area contributed by atoms with E-state index in [2.05, 4.69) is 30.2 Å². The van der Waals surface area contributed by atoms with Crippen LogP contribution in [0.15, 0.2) is 43.0 Å². The maximum absolute atomic E-state index is 14.8. The predicted molar refractivity (Wildman–Crippen MR) is 112 cm³/mol. The molecule has 0 fully saturated rings. The molecule has 4 aromatic heterocycles. The number of halogens is 4. The van der Waals surface area contributed by atoms with Crippen molar-refractivity contribution in [3.63, 3.8) is 0 Å². The Balaban J connectivity index is 1.61. The van der Waals surface area contributed by atoms with E-state index in [0.717, 1.165) is 24.0 Å². The summed E-state index contributed by atoms with van der Waals surface area (Å²) in [5, 5.41) is 2.20. The third kappa shape index (κ3) is 4.97. The molecule has 0 aromatic carbocycles. The van der Waals surface area contributed by atoms with Crippen molar-refractivity contribution < 1.29 is 22.4 Å². The molecule has 4 rings (SSSR count). The Kier molecular flexibility index (Phi) is 6.03. The Bertz CT molecular complexity index is 1300. The topological polar surface area (TPSA) is 96.5 Å². The van der Waals surface area contributed by atoms with Crippen LogP contribution in [0.25, 0.3) is 11.0 Å². The number of pyridine rings is 2. The second kappa shape index (κ2) is 8.93. The number of carbonyl (C=O) groups excluding carboxylic acids is 1. The Morgan fingerprint density at radius 2 is 1.85 bits per heavy atom. The zero-order valence-electron chi connectivity index (χ0n) is 17.4. The van der Waals surface area contributed by atoms with Crippen molar-refractivity contribution in [3.8, 4) is 0 Å². The van der Waals surface area contributed by atoms with Gasteiger partial charge in [-0.1, -0.05) is 13.0 Å². The molecule has 2 N–H and O–H groups in total. The number of carbonyl (C=O) groups is 1. The first-order chi connectivity index (χ1) is 15.7. The molecule has 11 heteroatoms. The summed E-state index contributed by atoms with van der Waals surface area (Å²) in [5.74, 6) is -1.92. The number of ketones is 1. The van der Waals surface area contributed by atoms with E-state index in [0.29, 0.717) is 12.1 Å². The van der Waals surface area contributed by atoms with Gasteiger partial charge in [0.15, 0.2) is 5.78 Å². The van der Waals surface area contributed by atoms with Gasteiger partial charge in [-0.2, -0.15) is 17.6 Å². The second-order valence-electron chi connectivity index (χ2n) is 7.28. The third-order valence-electron chi connectivity index (χ3n) is 4.96. The lowest BCUT2D eigenvalue weighted by molar-refractivity contribution is -0.115. The van der Waals surface area contributed by atoms with E-state index in [1.54, 1.807) is 6.20 Å². The highest BCUT2D eigenvalue weighted by Crippen LogP contribution is 2.27. The lowest BCUT2D eigenvalue weighted by Crippen LogP contribution is -2.22. The van der Waals surface area contributed by atoms with Crippen molar-refractivity contribution in [2.45, 2.75) is 25.9 Å². The van der Waals surface area contributed by atoms with Crippen LogP contribution in [0, 0.1) is 5.95 Å². The SMILES string of the molecule is CCc1ccc(Cc2ccc(C(=O)c3c[nH]c4ncnc(NCC(F)(F)F)c34)c(F)n2)cn1. The highest BCUT2D eigenvalue weighted by molar-refractivity contribution is 6.18. The largest absolute Gasteiger partial charge is 0.405 e. The molecular weight excluding hydrogens is 440 g/mol. The number of rotatable bonds is 7. The van der Waals surface area contributed by atoms with E-state index in [-0.39, 0.29) is 28.0 Å². The summed E-state index contributed by atoms with van der Waals surface area (Å²) >= 11 is 0. The van der Waals surface area contributed by atoms with Crippen molar-refractivity contribution >= 4 is 22.6 Å². The van der Waals surface area contributed by atoms with Crippen LogP contribution in [-0.2, 0) is 12.8 Å². The average molecular weight is 458 g/mol. The average Bonchev–Trinajstić information content (AvgIpc) is 3.22. The first kappa shape index (κ1) is 22.3. The number of nitrogens with zero attached hydrogens (tertiary/aromatic N) is 4. The number of fused-ring (bicyclic) bond motifs is 1. The molecule has 4 heterocycles. The van der Waals surface area contributed by atoms with Gasteiger partial charge in [-0.25, -0.2) is 15.0 Å². The lowest BCUT2D eigenvalue weighted by atomic mass is 10.0. The Labute approximate surface area is 185 Å². The van der Waals surface area contributed by atoms with Crippen LogP contribution >= 0.6 is 0 Å². The maximum atomic E-state index is 14.8. The minimum absolute atomic E-state index is 0.0392. The molecule has 0 atom stereocenters. The van der Waals surface area contributed by atoms with Crippen molar-refractivity contribution in [2.24, 2.45) is 0 Å². The number of aromatic amines is 1. The van der Waals surface area contributed by atoms with Crippen LogP contribution in [0.5, 0.6) is 0 Å². The molecule has 0 amide bonds. The molecule has 0 aliphatic rings. The van der Waals surface area contributed by atoms with Gasteiger partial charge < -0.3 is 10.3 Å². The third-order valence-corrected chi connectivity index (χ3v) is 4.96. The number of alkyl halides is 3. The molecule has 4 aromatic rings. The Morgan fingerprint density at radius 1 is 1.06 bits per heavy atom.